The van der Waals surface area contributed by atoms with Gasteiger partial charge in [-0.05, 0) is 48.9 Å². The van der Waals surface area contributed by atoms with E-state index in [-0.39, 0.29) is 6.04 Å². The number of aryl methyl sites for hydroxylation is 1. The summed E-state index contributed by atoms with van der Waals surface area (Å²) in [6.45, 7) is 4.18. The summed E-state index contributed by atoms with van der Waals surface area (Å²) < 4.78 is 5.95. The second-order valence-electron chi connectivity index (χ2n) is 6.01. The van der Waals surface area contributed by atoms with E-state index in [1.807, 2.05) is 16.8 Å². The molecular weight excluding hydrogens is 306 g/mol. The molecular formula is C18H19N3OS. The second kappa shape index (κ2) is 6.26. The molecule has 3 aromatic rings. The highest BCUT2D eigenvalue weighted by atomic mass is 32.1. The molecule has 0 spiro atoms. The fourth-order valence-corrected chi connectivity index (χ4v) is 3.80. The van der Waals surface area contributed by atoms with E-state index in [1.165, 1.54) is 17.5 Å². The van der Waals surface area contributed by atoms with Crippen LogP contribution in [0.4, 0.5) is 0 Å². The molecule has 0 amide bonds. The number of rotatable bonds is 4. The zero-order valence-corrected chi connectivity index (χ0v) is 13.9. The summed E-state index contributed by atoms with van der Waals surface area (Å²) in [7, 11) is 0. The van der Waals surface area contributed by atoms with Crippen molar-refractivity contribution < 1.29 is 4.42 Å². The molecule has 3 heterocycles. The Bertz CT molecular complexity index is 781. The monoisotopic (exact) mass is 325 g/mol. The van der Waals surface area contributed by atoms with Crippen molar-refractivity contribution in [1.82, 2.24) is 15.1 Å². The first kappa shape index (κ1) is 14.6. The van der Waals surface area contributed by atoms with Crippen LogP contribution >= 0.6 is 11.3 Å². The van der Waals surface area contributed by atoms with Crippen LogP contribution in [0.3, 0.4) is 0 Å². The highest BCUT2D eigenvalue weighted by Crippen LogP contribution is 2.34. The molecule has 23 heavy (non-hydrogen) atoms. The molecule has 1 atom stereocenters. The van der Waals surface area contributed by atoms with Gasteiger partial charge in [0.2, 0.25) is 11.8 Å². The van der Waals surface area contributed by atoms with Crippen molar-refractivity contribution in [2.24, 2.45) is 0 Å². The van der Waals surface area contributed by atoms with E-state index in [4.69, 9.17) is 4.42 Å². The van der Waals surface area contributed by atoms with E-state index in [9.17, 15) is 0 Å². The number of thiophene rings is 1. The Balaban J connectivity index is 1.55. The number of aromatic nitrogens is 2. The van der Waals surface area contributed by atoms with Crippen LogP contribution < -0.4 is 0 Å². The molecule has 5 heteroatoms. The van der Waals surface area contributed by atoms with Crippen molar-refractivity contribution in [2.75, 3.05) is 6.54 Å². The average Bonchev–Trinajstić information content (AvgIpc) is 3.30. The Hall–Kier alpha value is -1.98. The van der Waals surface area contributed by atoms with Crippen molar-refractivity contribution in [3.8, 4) is 11.5 Å². The van der Waals surface area contributed by atoms with E-state index < -0.39 is 0 Å². The third-order valence-corrected chi connectivity index (χ3v) is 5.18. The third kappa shape index (κ3) is 2.94. The Morgan fingerprint density at radius 1 is 1.26 bits per heavy atom. The molecule has 0 aliphatic carbocycles. The molecule has 0 N–H and O–H groups in total. The first-order valence-corrected chi connectivity index (χ1v) is 8.90. The van der Waals surface area contributed by atoms with Crippen LogP contribution in [0.15, 0.2) is 45.5 Å². The molecule has 0 saturated carbocycles. The molecule has 2 aromatic heterocycles. The summed E-state index contributed by atoms with van der Waals surface area (Å²) in [5.41, 5.74) is 3.72. The van der Waals surface area contributed by atoms with Crippen LogP contribution in [0.1, 0.15) is 35.9 Å². The van der Waals surface area contributed by atoms with Crippen molar-refractivity contribution in [3.63, 3.8) is 0 Å². The maximum atomic E-state index is 5.95. The molecule has 1 saturated heterocycles. The molecule has 4 nitrogen and oxygen atoms in total. The number of hydrogen-bond acceptors (Lipinski definition) is 5. The van der Waals surface area contributed by atoms with Gasteiger partial charge in [0, 0.05) is 17.5 Å². The fraction of sp³-hybridized carbons (Fsp3) is 0.333. The lowest BCUT2D eigenvalue weighted by Gasteiger charge is -2.22. The molecule has 1 aliphatic rings. The topological polar surface area (TPSA) is 42.2 Å². The quantitative estimate of drug-likeness (QED) is 0.711. The smallest absolute Gasteiger partial charge is 0.248 e. The predicted octanol–water partition coefficient (Wildman–Crippen LogP) is 4.44. The van der Waals surface area contributed by atoms with Crippen molar-refractivity contribution in [3.05, 3.63) is 58.1 Å². The van der Waals surface area contributed by atoms with Gasteiger partial charge in [0.15, 0.2) is 0 Å². The third-order valence-electron chi connectivity index (χ3n) is 4.49. The van der Waals surface area contributed by atoms with Crippen LogP contribution in [-0.2, 0) is 6.54 Å². The summed E-state index contributed by atoms with van der Waals surface area (Å²) in [4.78, 5) is 2.45. The van der Waals surface area contributed by atoms with Gasteiger partial charge in [0.1, 0.15) is 0 Å². The number of likely N-dealkylation sites (tertiary alicyclic amines) is 1. The zero-order valence-electron chi connectivity index (χ0n) is 13.1. The lowest BCUT2D eigenvalue weighted by molar-refractivity contribution is 0.215. The van der Waals surface area contributed by atoms with Crippen molar-refractivity contribution in [1.29, 1.82) is 0 Å². The second-order valence-corrected chi connectivity index (χ2v) is 6.79. The summed E-state index contributed by atoms with van der Waals surface area (Å²) in [5, 5.41) is 12.6. The standard InChI is InChI=1S/C18H19N3OS/c1-13-5-2-3-6-14(13)11-21-9-4-7-16(21)18-20-19-17(22-18)15-8-10-23-12-15/h2-3,5-6,8,10,12,16H,4,7,9,11H2,1H3/t16-/m0/s1. The van der Waals surface area contributed by atoms with E-state index in [1.54, 1.807) is 11.3 Å². The summed E-state index contributed by atoms with van der Waals surface area (Å²) >= 11 is 1.64. The van der Waals surface area contributed by atoms with E-state index in [0.717, 1.165) is 31.0 Å². The summed E-state index contributed by atoms with van der Waals surface area (Å²) in [6.07, 6.45) is 2.25. The molecule has 4 rings (SSSR count). The van der Waals surface area contributed by atoms with Gasteiger partial charge in [-0.2, -0.15) is 11.3 Å². The van der Waals surface area contributed by atoms with Gasteiger partial charge in [-0.1, -0.05) is 24.3 Å². The number of benzene rings is 1. The fourth-order valence-electron chi connectivity index (χ4n) is 3.17. The van der Waals surface area contributed by atoms with Gasteiger partial charge in [0.25, 0.3) is 0 Å². The molecule has 0 unspecified atom stereocenters. The SMILES string of the molecule is Cc1ccccc1CN1CCC[C@H]1c1nnc(-c2ccsc2)o1. The Labute approximate surface area is 139 Å². The van der Waals surface area contributed by atoms with Crippen LogP contribution in [-0.4, -0.2) is 21.6 Å². The lowest BCUT2D eigenvalue weighted by Crippen LogP contribution is -2.23. The number of hydrogen-bond donors (Lipinski definition) is 0. The van der Waals surface area contributed by atoms with E-state index in [2.05, 4.69) is 46.3 Å². The summed E-state index contributed by atoms with van der Waals surface area (Å²) in [5.74, 6) is 1.38. The average molecular weight is 325 g/mol. The minimum atomic E-state index is 0.231. The number of nitrogens with zero attached hydrogens (tertiary/aromatic N) is 3. The maximum Gasteiger partial charge on any atom is 0.248 e. The molecule has 0 radical (unpaired) electrons. The summed E-state index contributed by atoms with van der Waals surface area (Å²) in [6, 6.07) is 10.8. The van der Waals surface area contributed by atoms with Gasteiger partial charge < -0.3 is 4.42 Å². The van der Waals surface area contributed by atoms with Crippen LogP contribution in [0.25, 0.3) is 11.5 Å². The Morgan fingerprint density at radius 3 is 3.00 bits per heavy atom. The Morgan fingerprint density at radius 2 is 2.17 bits per heavy atom. The van der Waals surface area contributed by atoms with Gasteiger partial charge >= 0.3 is 0 Å². The van der Waals surface area contributed by atoms with Crippen LogP contribution in [0.2, 0.25) is 0 Å². The lowest BCUT2D eigenvalue weighted by atomic mass is 10.1. The minimum absolute atomic E-state index is 0.231. The Kier molecular flexibility index (Phi) is 3.97. The molecule has 118 valence electrons. The van der Waals surface area contributed by atoms with Crippen LogP contribution in [0.5, 0.6) is 0 Å². The molecule has 1 aliphatic heterocycles. The van der Waals surface area contributed by atoms with Gasteiger partial charge in [-0.3, -0.25) is 4.90 Å². The minimum Gasteiger partial charge on any atom is -0.419 e. The first-order chi connectivity index (χ1) is 11.3. The van der Waals surface area contributed by atoms with Gasteiger partial charge in [0.05, 0.1) is 6.04 Å². The molecule has 1 fully saturated rings. The van der Waals surface area contributed by atoms with Gasteiger partial charge in [-0.15, -0.1) is 10.2 Å². The van der Waals surface area contributed by atoms with E-state index >= 15 is 0 Å². The first-order valence-electron chi connectivity index (χ1n) is 7.96. The largest absolute Gasteiger partial charge is 0.419 e. The normalized spacial score (nSPS) is 18.6. The van der Waals surface area contributed by atoms with Crippen LogP contribution in [0, 0.1) is 6.92 Å². The van der Waals surface area contributed by atoms with Crippen molar-refractivity contribution in [2.45, 2.75) is 32.4 Å². The molecule has 1 aromatic carbocycles. The van der Waals surface area contributed by atoms with E-state index in [0.29, 0.717) is 5.89 Å². The van der Waals surface area contributed by atoms with Crippen molar-refractivity contribution >= 4 is 11.3 Å². The van der Waals surface area contributed by atoms with Gasteiger partial charge in [-0.25, -0.2) is 0 Å². The predicted molar refractivity (Wildman–Crippen MR) is 91.2 cm³/mol. The highest BCUT2D eigenvalue weighted by Gasteiger charge is 2.30. The molecule has 0 bridgehead atoms. The highest BCUT2D eigenvalue weighted by molar-refractivity contribution is 7.08. The zero-order chi connectivity index (χ0) is 15.6. The maximum absolute atomic E-state index is 5.95.